The Morgan fingerprint density at radius 1 is 1.41 bits per heavy atom. The summed E-state index contributed by atoms with van der Waals surface area (Å²) in [5.74, 6) is -3.80. The molecule has 2 bridgehead atoms. The van der Waals surface area contributed by atoms with Crippen LogP contribution < -0.4 is 0 Å². The first-order chi connectivity index (χ1) is 9.83. The van der Waals surface area contributed by atoms with Crippen molar-refractivity contribution in [3.8, 4) is 0 Å². The fraction of sp³-hybridized carbons (Fsp3) is 0.833. The van der Waals surface area contributed by atoms with E-state index in [0.717, 1.165) is 0 Å². The monoisotopic (exact) mass is 339 g/mol. The van der Waals surface area contributed by atoms with Gasteiger partial charge in [-0.1, -0.05) is 7.43 Å². The highest BCUT2D eigenvalue weighted by Crippen LogP contribution is 2.37. The number of aliphatic hydroxyl groups excluding tert-OH is 1. The van der Waals surface area contributed by atoms with Gasteiger partial charge in [-0.3, -0.25) is 4.79 Å². The van der Waals surface area contributed by atoms with E-state index in [1.165, 1.54) is 0 Å². The Balaban J connectivity index is 0.00000242. The third-order valence-corrected chi connectivity index (χ3v) is 4.97. The van der Waals surface area contributed by atoms with Gasteiger partial charge in [0.2, 0.25) is 0 Å². The zero-order valence-corrected chi connectivity index (χ0v) is 12.0. The van der Waals surface area contributed by atoms with Gasteiger partial charge in [-0.15, -0.1) is 0 Å². The molecular formula is C12H21NO8S. The van der Waals surface area contributed by atoms with E-state index in [4.69, 9.17) is 9.02 Å². The standard InChI is InChI=1S/C11H17NO8S.CH4/c13-7-11(10(15)16)8-3-4-12(11)20-21(17,18)6-2-1-5-19-9(8)14;/h8,13H,1-7H2,(H,15,16);1H4. The van der Waals surface area contributed by atoms with E-state index in [9.17, 15) is 28.2 Å². The Morgan fingerprint density at radius 3 is 2.68 bits per heavy atom. The molecule has 0 radical (unpaired) electrons. The number of ether oxygens (including phenoxy) is 1. The molecule has 2 aliphatic heterocycles. The molecule has 128 valence electrons. The van der Waals surface area contributed by atoms with E-state index in [0.29, 0.717) is 11.5 Å². The second-order valence-corrected chi connectivity index (χ2v) is 6.71. The van der Waals surface area contributed by atoms with Crippen LogP contribution in [0.3, 0.4) is 0 Å². The van der Waals surface area contributed by atoms with E-state index in [-0.39, 0.29) is 39.2 Å². The number of aliphatic carboxylic acids is 1. The SMILES string of the molecule is C.O=C1OCCCCS(=O)(=O)ON2CCC1C2(CO)C(=O)O. The number of carbonyl (C=O) groups excluding carboxylic acids is 1. The molecule has 0 aliphatic carbocycles. The summed E-state index contributed by atoms with van der Waals surface area (Å²) >= 11 is 0. The first-order valence-corrected chi connectivity index (χ1v) is 8.12. The zero-order valence-electron chi connectivity index (χ0n) is 11.2. The first kappa shape index (κ1) is 18.8. The fourth-order valence-corrected chi connectivity index (χ4v) is 3.73. The number of carbonyl (C=O) groups is 2. The van der Waals surface area contributed by atoms with Crippen molar-refractivity contribution in [2.75, 3.05) is 25.5 Å². The van der Waals surface area contributed by atoms with Crippen LogP contribution in [0.5, 0.6) is 0 Å². The van der Waals surface area contributed by atoms with Gasteiger partial charge in [-0.25, -0.2) is 4.79 Å². The predicted molar refractivity (Wildman–Crippen MR) is 74.1 cm³/mol. The third kappa shape index (κ3) is 3.24. The topological polar surface area (TPSA) is 130 Å². The van der Waals surface area contributed by atoms with Gasteiger partial charge >= 0.3 is 11.9 Å². The molecule has 2 N–H and O–H groups in total. The lowest BCUT2D eigenvalue weighted by Crippen LogP contribution is -2.59. The van der Waals surface area contributed by atoms with E-state index in [2.05, 4.69) is 0 Å². The number of carboxylic acids is 1. The van der Waals surface area contributed by atoms with Crippen LogP contribution >= 0.6 is 0 Å². The average molecular weight is 339 g/mol. The lowest BCUT2D eigenvalue weighted by Gasteiger charge is -2.33. The molecule has 22 heavy (non-hydrogen) atoms. The van der Waals surface area contributed by atoms with Crippen molar-refractivity contribution in [3.63, 3.8) is 0 Å². The number of nitrogens with zero attached hydrogens (tertiary/aromatic N) is 1. The molecule has 0 aromatic heterocycles. The van der Waals surface area contributed by atoms with Gasteiger partial charge < -0.3 is 14.9 Å². The Kier molecular flexibility index (Phi) is 5.90. The molecule has 0 aromatic carbocycles. The van der Waals surface area contributed by atoms with E-state index in [1.54, 1.807) is 0 Å². The van der Waals surface area contributed by atoms with Crippen molar-refractivity contribution >= 4 is 22.1 Å². The number of rotatable bonds is 2. The summed E-state index contributed by atoms with van der Waals surface area (Å²) in [6.07, 6.45) is 0.592. The summed E-state index contributed by atoms with van der Waals surface area (Å²) in [4.78, 5) is 23.6. The van der Waals surface area contributed by atoms with Gasteiger partial charge in [-0.2, -0.15) is 17.8 Å². The average Bonchev–Trinajstić information content (AvgIpc) is 2.75. The smallest absolute Gasteiger partial charge is 0.329 e. The van der Waals surface area contributed by atoms with Crippen molar-refractivity contribution in [3.05, 3.63) is 0 Å². The molecule has 2 heterocycles. The number of hydrogen-bond acceptors (Lipinski definition) is 8. The number of cyclic esters (lactones) is 1. The van der Waals surface area contributed by atoms with Crippen LogP contribution in [0, 0.1) is 5.92 Å². The number of aliphatic hydroxyl groups is 1. The van der Waals surface area contributed by atoms with Crippen LogP contribution in [0.25, 0.3) is 0 Å². The minimum Gasteiger partial charge on any atom is -0.480 e. The van der Waals surface area contributed by atoms with Crippen molar-refractivity contribution in [1.29, 1.82) is 0 Å². The van der Waals surface area contributed by atoms with E-state index >= 15 is 0 Å². The largest absolute Gasteiger partial charge is 0.480 e. The lowest BCUT2D eigenvalue weighted by atomic mass is 9.86. The number of carboxylic acid groups (broad SMARTS) is 1. The molecule has 2 saturated heterocycles. The van der Waals surface area contributed by atoms with Gasteiger partial charge in [0.05, 0.1) is 24.9 Å². The highest BCUT2D eigenvalue weighted by molar-refractivity contribution is 7.86. The van der Waals surface area contributed by atoms with Crippen LogP contribution in [0.15, 0.2) is 0 Å². The Bertz CT molecular complexity index is 533. The highest BCUT2D eigenvalue weighted by Gasteiger charge is 2.60. The molecule has 10 heteroatoms. The highest BCUT2D eigenvalue weighted by atomic mass is 32.2. The molecule has 3 atom stereocenters. The van der Waals surface area contributed by atoms with Crippen molar-refractivity contribution < 1.29 is 37.2 Å². The molecule has 0 aromatic rings. The maximum absolute atomic E-state index is 12.0. The van der Waals surface area contributed by atoms with Crippen LogP contribution in [-0.4, -0.2) is 66.7 Å². The zero-order chi connectivity index (χ0) is 15.7. The maximum Gasteiger partial charge on any atom is 0.329 e. The minimum absolute atomic E-state index is 0. The molecular weight excluding hydrogens is 318 g/mol. The second-order valence-electron chi connectivity index (χ2n) is 5.04. The normalized spacial score (nSPS) is 34.9. The van der Waals surface area contributed by atoms with Crippen LogP contribution in [0.4, 0.5) is 0 Å². The second kappa shape index (κ2) is 6.90. The summed E-state index contributed by atoms with van der Waals surface area (Å²) in [5, 5.41) is 19.6. The fourth-order valence-electron chi connectivity index (χ4n) is 2.62. The van der Waals surface area contributed by atoms with Crippen LogP contribution in [0.1, 0.15) is 26.7 Å². The lowest BCUT2D eigenvalue weighted by molar-refractivity contribution is -0.190. The molecule has 0 spiro atoms. The van der Waals surface area contributed by atoms with E-state index < -0.39 is 40.1 Å². The number of hydroxylamine groups is 2. The Labute approximate surface area is 128 Å². The van der Waals surface area contributed by atoms with E-state index in [1.807, 2.05) is 0 Å². The summed E-state index contributed by atoms with van der Waals surface area (Å²) in [6, 6.07) is 0. The maximum atomic E-state index is 12.0. The predicted octanol–water partition coefficient (Wildman–Crippen LogP) is -0.641. The van der Waals surface area contributed by atoms with Gasteiger partial charge in [0, 0.05) is 6.54 Å². The summed E-state index contributed by atoms with van der Waals surface area (Å²) < 4.78 is 33.5. The van der Waals surface area contributed by atoms with Gasteiger partial charge in [0.1, 0.15) is 0 Å². The molecule has 2 aliphatic rings. The van der Waals surface area contributed by atoms with Crippen molar-refractivity contribution in [2.45, 2.75) is 32.2 Å². The summed E-state index contributed by atoms with van der Waals surface area (Å²) in [7, 11) is -3.98. The quantitative estimate of drug-likeness (QED) is 0.631. The van der Waals surface area contributed by atoms with Gasteiger partial charge in [-0.05, 0) is 19.3 Å². The first-order valence-electron chi connectivity index (χ1n) is 6.54. The van der Waals surface area contributed by atoms with Crippen LogP contribution in [-0.2, 0) is 28.7 Å². The molecule has 2 rings (SSSR count). The Hall–Kier alpha value is -1.23. The van der Waals surface area contributed by atoms with Crippen molar-refractivity contribution in [2.24, 2.45) is 5.92 Å². The number of esters is 1. The van der Waals surface area contributed by atoms with Crippen LogP contribution in [0.2, 0.25) is 0 Å². The molecule has 9 nitrogen and oxygen atoms in total. The molecule has 0 amide bonds. The third-order valence-electron chi connectivity index (χ3n) is 3.77. The Morgan fingerprint density at radius 2 is 2.09 bits per heavy atom. The minimum atomic E-state index is -3.98. The number of fused-ring (bicyclic) bond motifs is 2. The summed E-state index contributed by atoms with van der Waals surface area (Å²) in [6.45, 7) is -1.06. The van der Waals surface area contributed by atoms with Gasteiger partial charge in [0.25, 0.3) is 10.1 Å². The molecule has 0 saturated carbocycles. The number of hydrogen-bond donors (Lipinski definition) is 2. The van der Waals surface area contributed by atoms with Crippen molar-refractivity contribution in [1.82, 2.24) is 5.06 Å². The van der Waals surface area contributed by atoms with Gasteiger partial charge in [0.15, 0.2) is 5.54 Å². The molecule has 2 fully saturated rings. The molecule has 3 unspecified atom stereocenters. The summed E-state index contributed by atoms with van der Waals surface area (Å²) in [5.41, 5.74) is -2.14.